The van der Waals surface area contributed by atoms with Crippen LogP contribution in [0.4, 0.5) is 10.1 Å². The second-order valence-corrected chi connectivity index (χ2v) is 4.78. The lowest BCUT2D eigenvalue weighted by Gasteiger charge is -2.06. The van der Waals surface area contributed by atoms with Gasteiger partial charge in [0.1, 0.15) is 5.82 Å². The molecule has 0 aliphatic carbocycles. The third-order valence-electron chi connectivity index (χ3n) is 3.36. The first-order valence-electron chi connectivity index (χ1n) is 6.24. The van der Waals surface area contributed by atoms with Gasteiger partial charge in [-0.05, 0) is 30.7 Å². The largest absolute Gasteiger partial charge is 0.399 e. The molecule has 3 nitrogen and oxygen atoms in total. The number of aryl methyl sites for hydroxylation is 1. The summed E-state index contributed by atoms with van der Waals surface area (Å²) in [6.07, 6.45) is 1.60. The zero-order chi connectivity index (χ0) is 14.3. The van der Waals surface area contributed by atoms with Crippen molar-refractivity contribution in [3.05, 3.63) is 65.1 Å². The van der Waals surface area contributed by atoms with Crippen LogP contribution < -0.4 is 5.73 Å². The van der Waals surface area contributed by atoms with Crippen LogP contribution in [-0.4, -0.2) is 10.8 Å². The van der Waals surface area contributed by atoms with Crippen molar-refractivity contribution in [1.29, 1.82) is 0 Å². The van der Waals surface area contributed by atoms with Crippen molar-refractivity contribution in [3.8, 4) is 0 Å². The van der Waals surface area contributed by atoms with Crippen LogP contribution in [0.5, 0.6) is 0 Å². The van der Waals surface area contributed by atoms with Crippen molar-refractivity contribution >= 4 is 22.4 Å². The number of benzene rings is 2. The van der Waals surface area contributed by atoms with Crippen LogP contribution in [0.25, 0.3) is 10.9 Å². The number of hydrogen-bond acceptors (Lipinski definition) is 2. The Morgan fingerprint density at radius 1 is 1.20 bits per heavy atom. The highest BCUT2D eigenvalue weighted by Crippen LogP contribution is 2.24. The summed E-state index contributed by atoms with van der Waals surface area (Å²) in [6.45, 7) is 1.59. The number of nitrogens with one attached hydrogen (secondary N) is 1. The van der Waals surface area contributed by atoms with Crippen LogP contribution in [0.15, 0.2) is 42.6 Å². The van der Waals surface area contributed by atoms with Crippen molar-refractivity contribution in [2.24, 2.45) is 0 Å². The molecule has 100 valence electrons. The van der Waals surface area contributed by atoms with Crippen LogP contribution in [0.1, 0.15) is 21.5 Å². The summed E-state index contributed by atoms with van der Waals surface area (Å²) in [5.41, 5.74) is 7.76. The van der Waals surface area contributed by atoms with Gasteiger partial charge in [-0.1, -0.05) is 18.2 Å². The third kappa shape index (κ3) is 1.86. The van der Waals surface area contributed by atoms with Crippen LogP contribution in [0.3, 0.4) is 0 Å². The van der Waals surface area contributed by atoms with Gasteiger partial charge >= 0.3 is 0 Å². The number of carbonyl (C=O) groups is 1. The molecule has 0 spiro atoms. The minimum Gasteiger partial charge on any atom is -0.399 e. The van der Waals surface area contributed by atoms with Gasteiger partial charge in [-0.25, -0.2) is 4.39 Å². The molecule has 0 fully saturated rings. The molecule has 1 heterocycles. The number of aromatic nitrogens is 1. The molecule has 0 aliphatic rings. The highest BCUT2D eigenvalue weighted by atomic mass is 19.1. The highest BCUT2D eigenvalue weighted by molar-refractivity contribution is 6.16. The number of carbonyl (C=O) groups excluding carboxylic acids is 1. The predicted molar refractivity (Wildman–Crippen MR) is 77.3 cm³/mol. The highest BCUT2D eigenvalue weighted by Gasteiger charge is 2.19. The van der Waals surface area contributed by atoms with E-state index in [1.54, 1.807) is 13.1 Å². The standard InChI is InChI=1S/C16H13FN2O/c1-9-6-10(18)7-12(15(9)17)16(20)13-8-19-14-5-3-2-4-11(13)14/h2-8,19H,18H2,1H3. The summed E-state index contributed by atoms with van der Waals surface area (Å²) in [4.78, 5) is 15.5. The number of H-pyrrole nitrogens is 1. The molecule has 4 heteroatoms. The number of anilines is 1. The number of hydrogen-bond donors (Lipinski definition) is 2. The Morgan fingerprint density at radius 3 is 2.75 bits per heavy atom. The van der Waals surface area contributed by atoms with E-state index in [2.05, 4.69) is 4.98 Å². The molecule has 0 bridgehead atoms. The van der Waals surface area contributed by atoms with Gasteiger partial charge in [0.2, 0.25) is 0 Å². The average molecular weight is 268 g/mol. The number of para-hydroxylation sites is 1. The topological polar surface area (TPSA) is 58.9 Å². The lowest BCUT2D eigenvalue weighted by atomic mass is 9.99. The molecule has 3 N–H and O–H groups in total. The summed E-state index contributed by atoms with van der Waals surface area (Å²) >= 11 is 0. The first kappa shape index (κ1) is 12.4. The van der Waals surface area contributed by atoms with Crippen molar-refractivity contribution in [2.45, 2.75) is 6.92 Å². The predicted octanol–water partition coefficient (Wildman–Crippen LogP) is 3.43. The number of fused-ring (bicyclic) bond motifs is 1. The lowest BCUT2D eigenvalue weighted by molar-refractivity contribution is 0.103. The normalized spacial score (nSPS) is 10.9. The smallest absolute Gasteiger partial charge is 0.198 e. The average Bonchev–Trinajstić information content (AvgIpc) is 2.86. The molecule has 3 rings (SSSR count). The third-order valence-corrected chi connectivity index (χ3v) is 3.36. The molecular formula is C16H13FN2O. The molecule has 0 radical (unpaired) electrons. The van der Waals surface area contributed by atoms with Gasteiger partial charge < -0.3 is 10.7 Å². The fraction of sp³-hybridized carbons (Fsp3) is 0.0625. The van der Waals surface area contributed by atoms with Crippen LogP contribution in [-0.2, 0) is 0 Å². The first-order valence-corrected chi connectivity index (χ1v) is 6.24. The van der Waals surface area contributed by atoms with E-state index in [-0.39, 0.29) is 11.3 Å². The lowest BCUT2D eigenvalue weighted by Crippen LogP contribution is -2.06. The Morgan fingerprint density at radius 2 is 1.95 bits per heavy atom. The molecule has 0 saturated heterocycles. The second kappa shape index (κ2) is 4.49. The fourth-order valence-electron chi connectivity index (χ4n) is 2.37. The second-order valence-electron chi connectivity index (χ2n) is 4.78. The Kier molecular flexibility index (Phi) is 2.79. The van der Waals surface area contributed by atoms with E-state index in [1.807, 2.05) is 24.3 Å². The maximum atomic E-state index is 14.1. The summed E-state index contributed by atoms with van der Waals surface area (Å²) in [6, 6.07) is 10.3. The van der Waals surface area contributed by atoms with Crippen LogP contribution in [0, 0.1) is 12.7 Å². The quantitative estimate of drug-likeness (QED) is 0.552. The maximum absolute atomic E-state index is 14.1. The molecule has 0 atom stereocenters. The first-order chi connectivity index (χ1) is 9.58. The number of halogens is 1. The van der Waals surface area contributed by atoms with E-state index in [4.69, 9.17) is 5.73 Å². The molecule has 0 saturated carbocycles. The summed E-state index contributed by atoms with van der Waals surface area (Å²) in [7, 11) is 0. The van der Waals surface area contributed by atoms with Gasteiger partial charge in [-0.3, -0.25) is 4.79 Å². The van der Waals surface area contributed by atoms with Gasteiger partial charge in [0.05, 0.1) is 5.56 Å². The molecule has 2 aromatic carbocycles. The van der Waals surface area contributed by atoms with E-state index in [1.165, 1.54) is 12.1 Å². The Hall–Kier alpha value is -2.62. The molecule has 0 aliphatic heterocycles. The molecule has 0 unspecified atom stereocenters. The van der Waals surface area contributed by atoms with E-state index in [0.717, 1.165) is 10.9 Å². The van der Waals surface area contributed by atoms with E-state index in [9.17, 15) is 9.18 Å². The fourth-order valence-corrected chi connectivity index (χ4v) is 2.37. The molecule has 20 heavy (non-hydrogen) atoms. The number of nitrogen functional groups attached to an aromatic ring is 1. The maximum Gasteiger partial charge on any atom is 0.198 e. The number of rotatable bonds is 2. The van der Waals surface area contributed by atoms with Gasteiger partial charge in [-0.2, -0.15) is 0 Å². The molecule has 1 aromatic heterocycles. The number of aromatic amines is 1. The van der Waals surface area contributed by atoms with Gasteiger partial charge in [0.15, 0.2) is 5.78 Å². The van der Waals surface area contributed by atoms with Crippen molar-refractivity contribution in [1.82, 2.24) is 4.98 Å². The Balaban J connectivity index is 2.18. The monoisotopic (exact) mass is 268 g/mol. The number of ketones is 1. The van der Waals surface area contributed by atoms with E-state index in [0.29, 0.717) is 16.8 Å². The van der Waals surface area contributed by atoms with Crippen molar-refractivity contribution < 1.29 is 9.18 Å². The number of nitrogens with two attached hydrogens (primary N) is 1. The van der Waals surface area contributed by atoms with Gasteiger partial charge in [0, 0.05) is 28.4 Å². The minimum absolute atomic E-state index is 0.00672. The Bertz CT molecular complexity index is 820. The Labute approximate surface area is 115 Å². The van der Waals surface area contributed by atoms with Crippen LogP contribution >= 0.6 is 0 Å². The molecular weight excluding hydrogens is 255 g/mol. The van der Waals surface area contributed by atoms with E-state index >= 15 is 0 Å². The zero-order valence-corrected chi connectivity index (χ0v) is 10.9. The summed E-state index contributed by atoms with van der Waals surface area (Å²) in [5, 5.41) is 0.775. The molecule has 0 amide bonds. The van der Waals surface area contributed by atoms with Crippen LogP contribution in [0.2, 0.25) is 0 Å². The summed E-state index contributed by atoms with van der Waals surface area (Å²) < 4.78 is 14.1. The SMILES string of the molecule is Cc1cc(N)cc(C(=O)c2c[nH]c3ccccc23)c1F. The summed E-state index contributed by atoms with van der Waals surface area (Å²) in [5.74, 6) is -0.884. The zero-order valence-electron chi connectivity index (χ0n) is 10.9. The van der Waals surface area contributed by atoms with Gasteiger partial charge in [0.25, 0.3) is 0 Å². The molecule has 3 aromatic rings. The van der Waals surface area contributed by atoms with Gasteiger partial charge in [-0.15, -0.1) is 0 Å². The minimum atomic E-state index is -0.519. The van der Waals surface area contributed by atoms with Crippen molar-refractivity contribution in [2.75, 3.05) is 5.73 Å². The van der Waals surface area contributed by atoms with E-state index < -0.39 is 5.82 Å². The van der Waals surface area contributed by atoms with Crippen molar-refractivity contribution in [3.63, 3.8) is 0 Å².